The van der Waals surface area contributed by atoms with Crippen molar-refractivity contribution in [1.82, 2.24) is 5.32 Å². The Kier molecular flexibility index (Phi) is 9.92. The van der Waals surface area contributed by atoms with Gasteiger partial charge in [0.15, 0.2) is 0 Å². The topological polar surface area (TPSA) is 30.5 Å². The van der Waals surface area contributed by atoms with Crippen LogP contribution in [0.15, 0.2) is 24.3 Å². The number of rotatable bonds is 12. The number of benzene rings is 1. The van der Waals surface area contributed by atoms with Gasteiger partial charge in [0.1, 0.15) is 5.75 Å². The van der Waals surface area contributed by atoms with Crippen molar-refractivity contribution in [3.8, 4) is 5.75 Å². The second-order valence-corrected chi connectivity index (χ2v) is 5.46. The Bertz CT molecular complexity index is 351. The first-order valence-corrected chi connectivity index (χ1v) is 8.20. The first-order valence-electron chi connectivity index (χ1n) is 8.20. The van der Waals surface area contributed by atoms with Gasteiger partial charge in [-0.15, -0.1) is 0 Å². The highest BCUT2D eigenvalue weighted by Crippen LogP contribution is 2.18. The fourth-order valence-electron chi connectivity index (χ4n) is 2.37. The predicted molar refractivity (Wildman–Crippen MR) is 89.0 cm³/mol. The molecule has 0 bridgehead atoms. The molecule has 1 rings (SSSR count). The van der Waals surface area contributed by atoms with Gasteiger partial charge in [0.05, 0.1) is 19.8 Å². The molecule has 1 unspecified atom stereocenters. The molecule has 0 aliphatic heterocycles. The summed E-state index contributed by atoms with van der Waals surface area (Å²) >= 11 is 0. The van der Waals surface area contributed by atoms with Gasteiger partial charge in [0, 0.05) is 6.61 Å². The molecule has 1 aromatic rings. The highest BCUT2D eigenvalue weighted by molar-refractivity contribution is 5.29. The van der Waals surface area contributed by atoms with Gasteiger partial charge in [0.25, 0.3) is 0 Å². The SMILES string of the molecule is CCCCCCCCOCC(NC)c1ccc(OC)cc1. The van der Waals surface area contributed by atoms with Crippen LogP contribution in [0.5, 0.6) is 5.75 Å². The summed E-state index contributed by atoms with van der Waals surface area (Å²) in [7, 11) is 3.66. The number of ether oxygens (including phenoxy) is 2. The largest absolute Gasteiger partial charge is 0.497 e. The summed E-state index contributed by atoms with van der Waals surface area (Å²) in [6, 6.07) is 8.42. The smallest absolute Gasteiger partial charge is 0.118 e. The second-order valence-electron chi connectivity index (χ2n) is 5.46. The van der Waals surface area contributed by atoms with E-state index in [-0.39, 0.29) is 6.04 Å². The molecule has 0 aromatic heterocycles. The summed E-state index contributed by atoms with van der Waals surface area (Å²) in [5.74, 6) is 0.890. The monoisotopic (exact) mass is 293 g/mol. The number of likely N-dealkylation sites (N-methyl/N-ethyl adjacent to an activating group) is 1. The Balaban J connectivity index is 2.18. The van der Waals surface area contributed by atoms with Gasteiger partial charge >= 0.3 is 0 Å². The summed E-state index contributed by atoms with van der Waals surface area (Å²) < 4.78 is 11.0. The molecule has 0 fully saturated rings. The number of hydrogen-bond donors (Lipinski definition) is 1. The van der Waals surface area contributed by atoms with Crippen molar-refractivity contribution in [2.75, 3.05) is 27.4 Å². The molecule has 3 nitrogen and oxygen atoms in total. The van der Waals surface area contributed by atoms with E-state index in [0.29, 0.717) is 0 Å². The fraction of sp³-hybridized carbons (Fsp3) is 0.667. The molecule has 0 aliphatic carbocycles. The van der Waals surface area contributed by atoms with Crippen LogP contribution in [-0.4, -0.2) is 27.4 Å². The van der Waals surface area contributed by atoms with E-state index < -0.39 is 0 Å². The summed E-state index contributed by atoms with van der Waals surface area (Å²) in [5, 5.41) is 3.31. The van der Waals surface area contributed by atoms with Crippen LogP contribution in [0.2, 0.25) is 0 Å². The molecule has 0 spiro atoms. The van der Waals surface area contributed by atoms with E-state index in [2.05, 4.69) is 24.4 Å². The Morgan fingerprint density at radius 3 is 2.29 bits per heavy atom. The third kappa shape index (κ3) is 7.49. The summed E-state index contributed by atoms with van der Waals surface area (Å²) in [6.45, 7) is 3.83. The van der Waals surface area contributed by atoms with Crippen LogP contribution in [0, 0.1) is 0 Å². The third-order valence-electron chi connectivity index (χ3n) is 3.79. The second kappa shape index (κ2) is 11.6. The minimum atomic E-state index is 0.246. The van der Waals surface area contributed by atoms with E-state index in [9.17, 15) is 0 Å². The van der Waals surface area contributed by atoms with Crippen molar-refractivity contribution < 1.29 is 9.47 Å². The zero-order valence-electron chi connectivity index (χ0n) is 13.9. The van der Waals surface area contributed by atoms with Crippen molar-refractivity contribution >= 4 is 0 Å². The molecule has 21 heavy (non-hydrogen) atoms. The number of unbranched alkanes of at least 4 members (excludes halogenated alkanes) is 5. The first kappa shape index (κ1) is 18.0. The normalized spacial score (nSPS) is 12.3. The van der Waals surface area contributed by atoms with E-state index in [4.69, 9.17) is 9.47 Å². The van der Waals surface area contributed by atoms with Gasteiger partial charge in [-0.05, 0) is 31.2 Å². The molecule has 1 aromatic carbocycles. The quantitative estimate of drug-likeness (QED) is 0.582. The number of nitrogens with one attached hydrogen (secondary N) is 1. The van der Waals surface area contributed by atoms with Gasteiger partial charge in [0.2, 0.25) is 0 Å². The molecule has 120 valence electrons. The Hall–Kier alpha value is -1.06. The summed E-state index contributed by atoms with van der Waals surface area (Å²) in [4.78, 5) is 0. The zero-order chi connectivity index (χ0) is 15.3. The highest BCUT2D eigenvalue weighted by Gasteiger charge is 2.09. The highest BCUT2D eigenvalue weighted by atomic mass is 16.5. The van der Waals surface area contributed by atoms with Crippen molar-refractivity contribution in [2.24, 2.45) is 0 Å². The lowest BCUT2D eigenvalue weighted by atomic mass is 10.1. The van der Waals surface area contributed by atoms with Gasteiger partial charge < -0.3 is 14.8 Å². The van der Waals surface area contributed by atoms with E-state index in [1.54, 1.807) is 7.11 Å². The van der Waals surface area contributed by atoms with Crippen LogP contribution in [-0.2, 0) is 4.74 Å². The molecule has 1 N–H and O–H groups in total. The van der Waals surface area contributed by atoms with Crippen LogP contribution in [0.25, 0.3) is 0 Å². The molecule has 0 saturated heterocycles. The molecule has 1 atom stereocenters. The molecule has 0 radical (unpaired) electrons. The number of hydrogen-bond acceptors (Lipinski definition) is 3. The third-order valence-corrected chi connectivity index (χ3v) is 3.79. The van der Waals surface area contributed by atoms with Gasteiger partial charge in [-0.25, -0.2) is 0 Å². The molecule has 3 heteroatoms. The van der Waals surface area contributed by atoms with Crippen LogP contribution >= 0.6 is 0 Å². The first-order chi connectivity index (χ1) is 10.3. The maximum absolute atomic E-state index is 5.81. The molecule has 0 aliphatic rings. The number of methoxy groups -OCH3 is 1. The zero-order valence-corrected chi connectivity index (χ0v) is 13.9. The van der Waals surface area contributed by atoms with E-state index in [1.165, 1.54) is 44.1 Å². The van der Waals surface area contributed by atoms with E-state index >= 15 is 0 Å². The van der Waals surface area contributed by atoms with E-state index in [1.807, 2.05) is 19.2 Å². The van der Waals surface area contributed by atoms with Gasteiger partial charge in [-0.3, -0.25) is 0 Å². The average molecular weight is 293 g/mol. The van der Waals surface area contributed by atoms with Gasteiger partial charge in [-0.2, -0.15) is 0 Å². The Morgan fingerprint density at radius 1 is 1.00 bits per heavy atom. The van der Waals surface area contributed by atoms with Crippen molar-refractivity contribution in [1.29, 1.82) is 0 Å². The summed E-state index contributed by atoms with van der Waals surface area (Å²) in [6.07, 6.45) is 7.82. The van der Waals surface area contributed by atoms with Crippen LogP contribution in [0.1, 0.15) is 57.1 Å². The van der Waals surface area contributed by atoms with Crippen molar-refractivity contribution in [3.05, 3.63) is 29.8 Å². The molecule has 0 heterocycles. The lowest BCUT2D eigenvalue weighted by Crippen LogP contribution is -2.22. The molecule has 0 amide bonds. The minimum Gasteiger partial charge on any atom is -0.497 e. The van der Waals surface area contributed by atoms with Crippen LogP contribution < -0.4 is 10.1 Å². The van der Waals surface area contributed by atoms with Crippen LogP contribution in [0.4, 0.5) is 0 Å². The van der Waals surface area contributed by atoms with Crippen molar-refractivity contribution in [3.63, 3.8) is 0 Å². The van der Waals surface area contributed by atoms with Gasteiger partial charge in [-0.1, -0.05) is 51.2 Å². The molecule has 0 saturated carbocycles. The Morgan fingerprint density at radius 2 is 1.67 bits per heavy atom. The average Bonchev–Trinajstić information content (AvgIpc) is 2.54. The standard InChI is InChI=1S/C18H31NO2/c1-4-5-6-7-8-9-14-21-15-18(19-2)16-10-12-17(20-3)13-11-16/h10-13,18-19H,4-9,14-15H2,1-3H3. The predicted octanol–water partition coefficient (Wildman–Crippen LogP) is 4.33. The summed E-state index contributed by atoms with van der Waals surface area (Å²) in [5.41, 5.74) is 1.24. The molecular weight excluding hydrogens is 262 g/mol. The van der Waals surface area contributed by atoms with Crippen molar-refractivity contribution in [2.45, 2.75) is 51.5 Å². The lowest BCUT2D eigenvalue weighted by molar-refractivity contribution is 0.110. The van der Waals surface area contributed by atoms with Crippen LogP contribution in [0.3, 0.4) is 0 Å². The molecular formula is C18H31NO2. The fourth-order valence-corrected chi connectivity index (χ4v) is 2.37. The minimum absolute atomic E-state index is 0.246. The maximum atomic E-state index is 5.81. The Labute approximate surface area is 130 Å². The lowest BCUT2D eigenvalue weighted by Gasteiger charge is -2.17. The maximum Gasteiger partial charge on any atom is 0.118 e. The van der Waals surface area contributed by atoms with E-state index in [0.717, 1.165) is 19.0 Å².